The molecule has 0 spiro atoms. The lowest BCUT2D eigenvalue weighted by molar-refractivity contribution is -0.120. The van der Waals surface area contributed by atoms with E-state index in [1.54, 1.807) is 4.90 Å². The van der Waals surface area contributed by atoms with Crippen LogP contribution in [0.2, 0.25) is 0 Å². The van der Waals surface area contributed by atoms with E-state index in [-0.39, 0.29) is 23.3 Å². The van der Waals surface area contributed by atoms with E-state index >= 15 is 0 Å². The summed E-state index contributed by atoms with van der Waals surface area (Å²) in [6.07, 6.45) is 3.90. The number of Topliss-reactive ketones (excluding diaryl/α,β-unsaturated/α-hetero) is 1. The Hall–Kier alpha value is -1.82. The van der Waals surface area contributed by atoms with Gasteiger partial charge in [0.1, 0.15) is 5.78 Å². The van der Waals surface area contributed by atoms with Crippen LogP contribution in [0.5, 0.6) is 11.5 Å². The highest BCUT2D eigenvalue weighted by Gasteiger charge is 2.32. The minimum atomic E-state index is -0.181. The van der Waals surface area contributed by atoms with Gasteiger partial charge in [-0.2, -0.15) is 0 Å². The molecule has 0 radical (unpaired) electrons. The molecule has 5 nitrogen and oxygen atoms in total. The van der Waals surface area contributed by atoms with Crippen LogP contribution in [0.25, 0.3) is 0 Å². The number of nitrogens with zero attached hydrogens (tertiary/aromatic N) is 1. The van der Waals surface area contributed by atoms with E-state index in [4.69, 9.17) is 0 Å². The number of phenols is 2. The maximum atomic E-state index is 11.7. The lowest BCUT2D eigenvalue weighted by Crippen LogP contribution is -2.43. The van der Waals surface area contributed by atoms with Crippen LogP contribution in [0.4, 0.5) is 0 Å². The third kappa shape index (κ3) is 3.13. The van der Waals surface area contributed by atoms with Crippen LogP contribution in [-0.4, -0.2) is 39.9 Å². The van der Waals surface area contributed by atoms with Crippen LogP contribution >= 0.6 is 15.9 Å². The molecule has 0 unspecified atom stereocenters. The molecule has 0 aromatic heterocycles. The molecule has 2 aliphatic rings. The van der Waals surface area contributed by atoms with Crippen molar-refractivity contribution in [3.8, 4) is 11.5 Å². The summed E-state index contributed by atoms with van der Waals surface area (Å²) in [7, 11) is 0. The van der Waals surface area contributed by atoms with Gasteiger partial charge in [0.15, 0.2) is 11.5 Å². The summed E-state index contributed by atoms with van der Waals surface area (Å²) in [5.74, 6) is -0.0881. The van der Waals surface area contributed by atoms with Gasteiger partial charge in [-0.25, -0.2) is 0 Å². The average Bonchev–Trinajstić information content (AvgIpc) is 2.52. The van der Waals surface area contributed by atoms with Gasteiger partial charge in [0.2, 0.25) is 6.41 Å². The zero-order valence-electron chi connectivity index (χ0n) is 12.6. The molecule has 0 saturated heterocycles. The number of hydrogen-bond acceptors (Lipinski definition) is 4. The van der Waals surface area contributed by atoms with Gasteiger partial charge in [0, 0.05) is 23.9 Å². The molecular formula is C17H18BrNO4. The third-order valence-electron chi connectivity index (χ3n) is 4.70. The van der Waals surface area contributed by atoms with Crippen LogP contribution in [-0.2, 0) is 16.0 Å². The first kappa shape index (κ1) is 16.1. The standard InChI is InChI=1S/C17H18BrNO4/c18-14-8-17(23)16(22)7-11(14)6-15-13-2-1-12(21)5-10(13)3-4-19(15)9-20/h7-9,15,22-23H,1-6H2/t15-/m1/s1. The molecule has 0 saturated carbocycles. The number of amides is 1. The van der Waals surface area contributed by atoms with Gasteiger partial charge >= 0.3 is 0 Å². The summed E-state index contributed by atoms with van der Waals surface area (Å²) < 4.78 is 0.693. The molecule has 122 valence electrons. The third-order valence-corrected chi connectivity index (χ3v) is 5.44. The second-order valence-electron chi connectivity index (χ2n) is 6.09. The smallest absolute Gasteiger partial charge is 0.210 e. The number of carbonyl (C=O) groups is 2. The fourth-order valence-corrected chi connectivity index (χ4v) is 3.98. The number of hydrogen-bond donors (Lipinski definition) is 2. The molecule has 1 amide bonds. The molecule has 6 heteroatoms. The molecule has 1 aromatic carbocycles. The quantitative estimate of drug-likeness (QED) is 0.480. The summed E-state index contributed by atoms with van der Waals surface area (Å²) >= 11 is 3.40. The van der Waals surface area contributed by atoms with Crippen molar-refractivity contribution in [1.29, 1.82) is 0 Å². The summed E-state index contributed by atoms with van der Waals surface area (Å²) in [6, 6.07) is 2.88. The van der Waals surface area contributed by atoms with Crippen molar-refractivity contribution in [3.63, 3.8) is 0 Å². The number of aromatic hydroxyl groups is 2. The lowest BCUT2D eigenvalue weighted by atomic mass is 9.80. The Morgan fingerprint density at radius 3 is 2.70 bits per heavy atom. The van der Waals surface area contributed by atoms with Gasteiger partial charge in [-0.1, -0.05) is 21.5 Å². The second kappa shape index (κ2) is 6.35. The number of benzene rings is 1. The van der Waals surface area contributed by atoms with Crippen molar-refractivity contribution < 1.29 is 19.8 Å². The molecule has 0 fully saturated rings. The van der Waals surface area contributed by atoms with Crippen molar-refractivity contribution in [1.82, 2.24) is 4.90 Å². The maximum Gasteiger partial charge on any atom is 0.210 e. The minimum absolute atomic E-state index is 0.0930. The van der Waals surface area contributed by atoms with E-state index in [0.29, 0.717) is 36.7 Å². The molecule has 1 aliphatic carbocycles. The van der Waals surface area contributed by atoms with Crippen molar-refractivity contribution >= 4 is 28.1 Å². The van der Waals surface area contributed by atoms with Crippen LogP contribution in [0, 0.1) is 0 Å². The van der Waals surface area contributed by atoms with Gasteiger partial charge in [0.25, 0.3) is 0 Å². The Morgan fingerprint density at radius 1 is 1.22 bits per heavy atom. The van der Waals surface area contributed by atoms with E-state index in [1.807, 2.05) is 0 Å². The van der Waals surface area contributed by atoms with Gasteiger partial charge in [-0.3, -0.25) is 9.59 Å². The van der Waals surface area contributed by atoms with E-state index in [1.165, 1.54) is 23.3 Å². The highest BCUT2D eigenvalue weighted by Crippen LogP contribution is 2.37. The van der Waals surface area contributed by atoms with E-state index in [2.05, 4.69) is 15.9 Å². The van der Waals surface area contributed by atoms with E-state index in [9.17, 15) is 19.8 Å². The van der Waals surface area contributed by atoms with Crippen LogP contribution < -0.4 is 0 Å². The molecular weight excluding hydrogens is 362 g/mol. The predicted molar refractivity (Wildman–Crippen MR) is 88.2 cm³/mol. The van der Waals surface area contributed by atoms with Gasteiger partial charge in [-0.15, -0.1) is 0 Å². The van der Waals surface area contributed by atoms with Gasteiger partial charge in [-0.05, 0) is 42.5 Å². The SMILES string of the molecule is O=CN1CCC2=C(CCC(=O)C2)[C@H]1Cc1cc(O)c(O)cc1Br. The van der Waals surface area contributed by atoms with Crippen LogP contribution in [0.15, 0.2) is 27.8 Å². The molecule has 1 aliphatic heterocycles. The van der Waals surface area contributed by atoms with Crippen LogP contribution in [0.1, 0.15) is 31.2 Å². The lowest BCUT2D eigenvalue weighted by Gasteiger charge is -2.39. The summed E-state index contributed by atoms with van der Waals surface area (Å²) in [5, 5.41) is 19.3. The number of carbonyl (C=O) groups excluding carboxylic acids is 2. The van der Waals surface area contributed by atoms with E-state index in [0.717, 1.165) is 18.4 Å². The van der Waals surface area contributed by atoms with Gasteiger partial charge < -0.3 is 15.1 Å². The Labute approximate surface area is 142 Å². The summed E-state index contributed by atoms with van der Waals surface area (Å²) in [4.78, 5) is 24.9. The van der Waals surface area contributed by atoms with E-state index < -0.39 is 0 Å². The topological polar surface area (TPSA) is 77.8 Å². The Bertz CT molecular complexity index is 698. The first-order valence-corrected chi connectivity index (χ1v) is 8.42. The monoisotopic (exact) mass is 379 g/mol. The largest absolute Gasteiger partial charge is 0.504 e. The Morgan fingerprint density at radius 2 is 1.96 bits per heavy atom. The fourth-order valence-electron chi connectivity index (χ4n) is 3.49. The van der Waals surface area contributed by atoms with Crippen molar-refractivity contribution in [3.05, 3.63) is 33.3 Å². The zero-order chi connectivity index (χ0) is 16.6. The fraction of sp³-hybridized carbons (Fsp3) is 0.412. The van der Waals surface area contributed by atoms with Crippen molar-refractivity contribution in [2.24, 2.45) is 0 Å². The first-order chi connectivity index (χ1) is 11.0. The average molecular weight is 380 g/mol. The maximum absolute atomic E-state index is 11.7. The van der Waals surface area contributed by atoms with Crippen molar-refractivity contribution in [2.45, 2.75) is 38.1 Å². The van der Waals surface area contributed by atoms with Crippen molar-refractivity contribution in [2.75, 3.05) is 6.54 Å². The normalized spacial score (nSPS) is 21.3. The molecule has 1 atom stereocenters. The first-order valence-electron chi connectivity index (χ1n) is 7.63. The Kier molecular flexibility index (Phi) is 4.43. The molecule has 23 heavy (non-hydrogen) atoms. The summed E-state index contributed by atoms with van der Waals surface area (Å²) in [5.41, 5.74) is 3.17. The zero-order valence-corrected chi connectivity index (χ0v) is 14.2. The molecule has 2 N–H and O–H groups in total. The minimum Gasteiger partial charge on any atom is -0.504 e. The summed E-state index contributed by atoms with van der Waals surface area (Å²) in [6.45, 7) is 0.613. The Balaban J connectivity index is 1.95. The van der Waals surface area contributed by atoms with Crippen LogP contribution in [0.3, 0.4) is 0 Å². The predicted octanol–water partition coefficient (Wildman–Crippen LogP) is 2.68. The molecule has 1 aromatic rings. The number of phenolic OH excluding ortho intramolecular Hbond substituents is 2. The number of ketones is 1. The highest BCUT2D eigenvalue weighted by atomic mass is 79.9. The second-order valence-corrected chi connectivity index (χ2v) is 6.94. The molecule has 3 rings (SSSR count). The van der Waals surface area contributed by atoms with Gasteiger partial charge in [0.05, 0.1) is 6.04 Å². The molecule has 1 heterocycles. The highest BCUT2D eigenvalue weighted by molar-refractivity contribution is 9.10. The number of halogens is 1. The number of rotatable bonds is 3. The molecule has 0 bridgehead atoms.